The molecule has 1 aromatic carbocycles. The van der Waals surface area contributed by atoms with Crippen LogP contribution >= 0.6 is 0 Å². The van der Waals surface area contributed by atoms with Crippen molar-refractivity contribution in [2.24, 2.45) is 0 Å². The van der Waals surface area contributed by atoms with Crippen molar-refractivity contribution in [1.29, 1.82) is 0 Å². The minimum Gasteiger partial charge on any atom is -0.352 e. The van der Waals surface area contributed by atoms with Gasteiger partial charge in [-0.05, 0) is 37.3 Å². The quantitative estimate of drug-likeness (QED) is 0.779. The highest BCUT2D eigenvalue weighted by atomic mass is 16.1. The van der Waals surface area contributed by atoms with E-state index in [4.69, 9.17) is 0 Å². The van der Waals surface area contributed by atoms with Crippen LogP contribution < -0.4 is 5.32 Å². The monoisotopic (exact) mass is 295 g/mol. The number of amides is 1. The van der Waals surface area contributed by atoms with Crippen molar-refractivity contribution >= 4 is 16.9 Å². The van der Waals surface area contributed by atoms with Crippen LogP contribution in [0.2, 0.25) is 0 Å². The second kappa shape index (κ2) is 6.34. The smallest absolute Gasteiger partial charge is 0.251 e. The minimum atomic E-state index is -0.108. The Hall–Kier alpha value is -2.76. The normalized spacial score (nSPS) is 10.8. The Bertz CT molecular complexity index is 782. The largest absolute Gasteiger partial charge is 0.352 e. The number of aryl methyl sites for hydroxylation is 1. The number of carbonyl (C=O) groups excluding carboxylic acids is 1. The fourth-order valence-corrected chi connectivity index (χ4v) is 2.30. The van der Waals surface area contributed by atoms with Gasteiger partial charge in [-0.2, -0.15) is 0 Å². The topological polar surface area (TPSA) is 72.7 Å². The summed E-state index contributed by atoms with van der Waals surface area (Å²) in [7, 11) is 0. The van der Waals surface area contributed by atoms with Crippen molar-refractivity contribution in [3.05, 3.63) is 53.9 Å². The Morgan fingerprint density at radius 2 is 2.18 bits per heavy atom. The lowest BCUT2D eigenvalue weighted by molar-refractivity contribution is 0.0954. The van der Waals surface area contributed by atoms with Gasteiger partial charge < -0.3 is 5.32 Å². The second-order valence-electron chi connectivity index (χ2n) is 4.94. The summed E-state index contributed by atoms with van der Waals surface area (Å²) >= 11 is 0. The van der Waals surface area contributed by atoms with Crippen molar-refractivity contribution in [2.45, 2.75) is 19.9 Å². The number of hydrogen-bond donors (Lipinski definition) is 1. The van der Waals surface area contributed by atoms with E-state index in [2.05, 4.69) is 20.6 Å². The molecule has 2 heterocycles. The first kappa shape index (κ1) is 14.2. The van der Waals surface area contributed by atoms with Crippen LogP contribution in [0.3, 0.4) is 0 Å². The molecule has 0 spiro atoms. The van der Waals surface area contributed by atoms with Crippen LogP contribution in [0.5, 0.6) is 0 Å². The molecule has 0 unspecified atom stereocenters. The first-order chi connectivity index (χ1) is 10.8. The number of nitrogens with one attached hydrogen (secondary N) is 1. The van der Waals surface area contributed by atoms with E-state index >= 15 is 0 Å². The molecule has 22 heavy (non-hydrogen) atoms. The molecule has 6 nitrogen and oxygen atoms in total. The van der Waals surface area contributed by atoms with Crippen LogP contribution in [-0.2, 0) is 13.0 Å². The van der Waals surface area contributed by atoms with Gasteiger partial charge in [0.2, 0.25) is 0 Å². The Morgan fingerprint density at radius 3 is 2.95 bits per heavy atom. The van der Waals surface area contributed by atoms with Gasteiger partial charge in [0, 0.05) is 37.0 Å². The predicted molar refractivity (Wildman–Crippen MR) is 83.5 cm³/mol. The fraction of sp³-hybridized carbons (Fsp3) is 0.250. The molecule has 112 valence electrons. The Balaban J connectivity index is 1.65. The number of pyridine rings is 1. The summed E-state index contributed by atoms with van der Waals surface area (Å²) in [4.78, 5) is 16.4. The van der Waals surface area contributed by atoms with Gasteiger partial charge in [0.15, 0.2) is 0 Å². The van der Waals surface area contributed by atoms with E-state index in [0.717, 1.165) is 23.3 Å². The van der Waals surface area contributed by atoms with Gasteiger partial charge in [-0.25, -0.2) is 4.68 Å². The molecular formula is C16H17N5O. The van der Waals surface area contributed by atoms with Gasteiger partial charge in [0.1, 0.15) is 5.52 Å². The van der Waals surface area contributed by atoms with E-state index in [1.807, 2.05) is 31.2 Å². The zero-order chi connectivity index (χ0) is 15.4. The van der Waals surface area contributed by atoms with Gasteiger partial charge in [0.25, 0.3) is 5.91 Å². The molecule has 0 aliphatic heterocycles. The third-order valence-electron chi connectivity index (χ3n) is 3.47. The lowest BCUT2D eigenvalue weighted by Gasteiger charge is -2.05. The van der Waals surface area contributed by atoms with Crippen molar-refractivity contribution in [2.75, 3.05) is 6.54 Å². The van der Waals surface area contributed by atoms with Gasteiger partial charge in [-0.1, -0.05) is 11.3 Å². The van der Waals surface area contributed by atoms with Gasteiger partial charge >= 0.3 is 0 Å². The van der Waals surface area contributed by atoms with Crippen LogP contribution in [0.15, 0.2) is 42.6 Å². The number of rotatable bonds is 5. The SMILES string of the molecule is CCn1nnc2cc(C(=O)NCCc3ccccn3)ccc21. The van der Waals surface area contributed by atoms with Crippen molar-refractivity contribution < 1.29 is 4.79 Å². The van der Waals surface area contributed by atoms with E-state index in [1.54, 1.807) is 23.0 Å². The maximum atomic E-state index is 12.2. The van der Waals surface area contributed by atoms with E-state index in [1.165, 1.54) is 0 Å². The van der Waals surface area contributed by atoms with Crippen LogP contribution in [0.4, 0.5) is 0 Å². The van der Waals surface area contributed by atoms with Gasteiger partial charge in [0.05, 0.1) is 5.52 Å². The van der Waals surface area contributed by atoms with Gasteiger partial charge in [-0.3, -0.25) is 9.78 Å². The van der Waals surface area contributed by atoms with E-state index in [9.17, 15) is 4.79 Å². The van der Waals surface area contributed by atoms with Crippen LogP contribution in [0, 0.1) is 0 Å². The number of hydrogen-bond acceptors (Lipinski definition) is 4. The van der Waals surface area contributed by atoms with Crippen molar-refractivity contribution in [3.63, 3.8) is 0 Å². The van der Waals surface area contributed by atoms with Crippen LogP contribution in [0.25, 0.3) is 11.0 Å². The summed E-state index contributed by atoms with van der Waals surface area (Å²) in [5.41, 5.74) is 3.23. The number of fused-ring (bicyclic) bond motifs is 1. The molecule has 0 aliphatic rings. The average Bonchev–Trinajstić information content (AvgIpc) is 2.98. The highest BCUT2D eigenvalue weighted by Crippen LogP contribution is 2.13. The number of carbonyl (C=O) groups is 1. The Labute approximate surface area is 128 Å². The zero-order valence-corrected chi connectivity index (χ0v) is 12.4. The molecule has 0 saturated heterocycles. The maximum absolute atomic E-state index is 12.2. The summed E-state index contributed by atoms with van der Waals surface area (Å²) in [5.74, 6) is -0.108. The molecule has 0 radical (unpaired) electrons. The minimum absolute atomic E-state index is 0.108. The predicted octanol–water partition coefficient (Wildman–Crippen LogP) is 1.82. The van der Waals surface area contributed by atoms with E-state index in [-0.39, 0.29) is 5.91 Å². The van der Waals surface area contributed by atoms with E-state index < -0.39 is 0 Å². The van der Waals surface area contributed by atoms with E-state index in [0.29, 0.717) is 18.5 Å². The molecule has 6 heteroatoms. The van der Waals surface area contributed by atoms with Crippen LogP contribution in [0.1, 0.15) is 23.0 Å². The highest BCUT2D eigenvalue weighted by Gasteiger charge is 2.09. The molecule has 0 saturated carbocycles. The summed E-state index contributed by atoms with van der Waals surface area (Å²) in [6.07, 6.45) is 2.46. The molecule has 1 amide bonds. The molecule has 0 fully saturated rings. The first-order valence-corrected chi connectivity index (χ1v) is 7.29. The third-order valence-corrected chi connectivity index (χ3v) is 3.47. The van der Waals surface area contributed by atoms with Crippen molar-refractivity contribution in [3.8, 4) is 0 Å². The molecule has 1 N–H and O–H groups in total. The molecular weight excluding hydrogens is 278 g/mol. The molecule has 2 aromatic heterocycles. The Morgan fingerprint density at radius 1 is 1.27 bits per heavy atom. The summed E-state index contributed by atoms with van der Waals surface area (Å²) in [6.45, 7) is 3.31. The standard InChI is InChI=1S/C16H17N5O/c1-2-21-15-7-6-12(11-14(15)19-20-21)16(22)18-10-8-13-5-3-4-9-17-13/h3-7,9,11H,2,8,10H2,1H3,(H,18,22). The van der Waals surface area contributed by atoms with Gasteiger partial charge in [-0.15, -0.1) is 5.10 Å². The fourth-order valence-electron chi connectivity index (χ4n) is 2.30. The first-order valence-electron chi connectivity index (χ1n) is 7.29. The zero-order valence-electron chi connectivity index (χ0n) is 12.4. The molecule has 3 rings (SSSR count). The molecule has 0 atom stereocenters. The summed E-state index contributed by atoms with van der Waals surface area (Å²) < 4.78 is 1.80. The highest BCUT2D eigenvalue weighted by molar-refractivity contribution is 5.97. The maximum Gasteiger partial charge on any atom is 0.251 e. The molecule has 0 bridgehead atoms. The number of aromatic nitrogens is 4. The average molecular weight is 295 g/mol. The lowest BCUT2D eigenvalue weighted by atomic mass is 10.2. The summed E-state index contributed by atoms with van der Waals surface area (Å²) in [5, 5.41) is 11.0. The third kappa shape index (κ3) is 2.95. The summed E-state index contributed by atoms with van der Waals surface area (Å²) in [6, 6.07) is 11.2. The lowest BCUT2D eigenvalue weighted by Crippen LogP contribution is -2.25. The molecule has 3 aromatic rings. The number of benzene rings is 1. The molecule has 0 aliphatic carbocycles. The number of nitrogens with zero attached hydrogens (tertiary/aromatic N) is 4. The Kier molecular flexibility index (Phi) is 4.09. The second-order valence-corrected chi connectivity index (χ2v) is 4.94. The van der Waals surface area contributed by atoms with Crippen molar-refractivity contribution in [1.82, 2.24) is 25.3 Å². The van der Waals surface area contributed by atoms with Crippen LogP contribution in [-0.4, -0.2) is 32.4 Å².